The van der Waals surface area contributed by atoms with Gasteiger partial charge in [-0.1, -0.05) is 65.9 Å². The summed E-state index contributed by atoms with van der Waals surface area (Å²) in [4.78, 5) is 27.9. The molecule has 2 aromatic heterocycles. The number of thiophene rings is 1. The molecule has 1 atom stereocenters. The van der Waals surface area contributed by atoms with E-state index in [0.29, 0.717) is 34.5 Å². The van der Waals surface area contributed by atoms with E-state index in [1.165, 1.54) is 26.0 Å². The Morgan fingerprint density at radius 1 is 0.957 bits per heavy atom. The first-order valence-corrected chi connectivity index (χ1v) is 16.4. The van der Waals surface area contributed by atoms with Crippen molar-refractivity contribution in [3.8, 4) is 17.2 Å². The van der Waals surface area contributed by atoms with Crippen molar-refractivity contribution in [3.05, 3.63) is 118 Å². The fourth-order valence-electron chi connectivity index (χ4n) is 5.12. The number of carbonyl (C=O) groups is 2. The minimum atomic E-state index is -0.320. The highest BCUT2D eigenvalue weighted by atomic mass is 32.2. The molecule has 10 nitrogen and oxygen atoms in total. The van der Waals surface area contributed by atoms with E-state index in [9.17, 15) is 9.59 Å². The zero-order valence-corrected chi connectivity index (χ0v) is 27.2. The number of benzene rings is 3. The number of nitrogens with zero attached hydrogens (tertiary/aromatic N) is 5. The molecule has 0 saturated heterocycles. The number of aryl methyl sites for hydroxylation is 1. The maximum absolute atomic E-state index is 13.8. The molecule has 6 rings (SSSR count). The van der Waals surface area contributed by atoms with Crippen molar-refractivity contribution in [2.75, 3.05) is 20.0 Å². The molecule has 0 aliphatic carbocycles. The third-order valence-electron chi connectivity index (χ3n) is 7.49. The molecule has 0 saturated carbocycles. The van der Waals surface area contributed by atoms with Crippen molar-refractivity contribution in [3.63, 3.8) is 0 Å². The van der Waals surface area contributed by atoms with Crippen LogP contribution < -0.4 is 14.8 Å². The molecule has 46 heavy (non-hydrogen) atoms. The van der Waals surface area contributed by atoms with Crippen LogP contribution in [0.5, 0.6) is 11.5 Å². The van der Waals surface area contributed by atoms with Crippen molar-refractivity contribution in [1.82, 2.24) is 25.1 Å². The average Bonchev–Trinajstić information content (AvgIpc) is 3.87. The first-order chi connectivity index (χ1) is 22.4. The number of ether oxygens (including phenoxy) is 2. The van der Waals surface area contributed by atoms with Crippen LogP contribution in [0.4, 0.5) is 0 Å². The Balaban J connectivity index is 1.22. The van der Waals surface area contributed by atoms with Gasteiger partial charge in [0.15, 0.2) is 11.0 Å². The standard InChI is InChI=1S/C34H32N6O4S2/c1-22-11-13-23(14-12-22)29-19-28(30-10-7-15-45-30)38-40(29)32(41)21-46-34-37-36-31(39(34)25-8-5-4-6-9-25)20-35-33(42)24-16-26(43-2)18-27(17-24)44-3/h4-18,29H,19-21H2,1-3H3,(H,35,42)/t29-/m1/s1. The van der Waals surface area contributed by atoms with Gasteiger partial charge in [-0.15, -0.1) is 21.5 Å². The summed E-state index contributed by atoms with van der Waals surface area (Å²) in [5.41, 5.74) is 4.30. The van der Waals surface area contributed by atoms with E-state index in [1.807, 2.05) is 59.3 Å². The highest BCUT2D eigenvalue weighted by molar-refractivity contribution is 7.99. The van der Waals surface area contributed by atoms with Gasteiger partial charge in [-0.05, 0) is 48.2 Å². The van der Waals surface area contributed by atoms with Crippen LogP contribution in [-0.2, 0) is 11.3 Å². The summed E-state index contributed by atoms with van der Waals surface area (Å²) in [6, 6.07) is 26.7. The number of rotatable bonds is 11. The molecule has 0 fully saturated rings. The second-order valence-corrected chi connectivity index (χ2v) is 12.4. The zero-order chi connectivity index (χ0) is 32.0. The monoisotopic (exact) mass is 652 g/mol. The number of carbonyl (C=O) groups excluding carboxylic acids is 2. The van der Waals surface area contributed by atoms with E-state index in [-0.39, 0.29) is 30.2 Å². The predicted octanol–water partition coefficient (Wildman–Crippen LogP) is 6.05. The Bertz CT molecular complexity index is 1830. The third kappa shape index (κ3) is 6.82. The average molecular weight is 653 g/mol. The van der Waals surface area contributed by atoms with Crippen LogP contribution in [0.15, 0.2) is 101 Å². The fraction of sp³-hybridized carbons (Fsp3) is 0.206. The lowest BCUT2D eigenvalue weighted by atomic mass is 10.00. The summed E-state index contributed by atoms with van der Waals surface area (Å²) in [6.07, 6.45) is 0.642. The predicted molar refractivity (Wildman–Crippen MR) is 179 cm³/mol. The van der Waals surface area contributed by atoms with Crippen LogP contribution in [0.25, 0.3) is 5.69 Å². The molecule has 5 aromatic rings. The molecule has 0 spiro atoms. The van der Waals surface area contributed by atoms with Crippen LogP contribution >= 0.6 is 23.1 Å². The molecular formula is C34H32N6O4S2. The molecule has 3 heterocycles. The summed E-state index contributed by atoms with van der Waals surface area (Å²) < 4.78 is 12.5. The van der Waals surface area contributed by atoms with Crippen LogP contribution in [-0.4, -0.2) is 57.3 Å². The lowest BCUT2D eigenvalue weighted by Gasteiger charge is -2.22. The molecule has 1 aliphatic heterocycles. The molecule has 0 radical (unpaired) electrons. The minimum Gasteiger partial charge on any atom is -0.497 e. The summed E-state index contributed by atoms with van der Waals surface area (Å²) in [6.45, 7) is 2.15. The van der Waals surface area contributed by atoms with Crippen LogP contribution in [0, 0.1) is 6.92 Å². The van der Waals surface area contributed by atoms with Gasteiger partial charge in [0, 0.05) is 23.7 Å². The van der Waals surface area contributed by atoms with E-state index in [1.54, 1.807) is 34.5 Å². The van der Waals surface area contributed by atoms with Crippen LogP contribution in [0.2, 0.25) is 0 Å². The molecule has 1 N–H and O–H groups in total. The summed E-state index contributed by atoms with van der Waals surface area (Å²) >= 11 is 2.90. The van der Waals surface area contributed by atoms with E-state index in [2.05, 4.69) is 39.8 Å². The number of thioether (sulfide) groups is 1. The first-order valence-electron chi connectivity index (χ1n) is 14.6. The molecule has 12 heteroatoms. The molecular weight excluding hydrogens is 621 g/mol. The van der Waals surface area contributed by atoms with Gasteiger partial charge in [0.1, 0.15) is 11.5 Å². The Morgan fingerprint density at radius 2 is 1.70 bits per heavy atom. The van der Waals surface area contributed by atoms with Gasteiger partial charge >= 0.3 is 0 Å². The van der Waals surface area contributed by atoms with E-state index in [4.69, 9.17) is 14.6 Å². The largest absolute Gasteiger partial charge is 0.497 e. The number of hydrazone groups is 1. The second kappa shape index (κ2) is 14.0. The van der Waals surface area contributed by atoms with Gasteiger partial charge < -0.3 is 14.8 Å². The maximum Gasteiger partial charge on any atom is 0.253 e. The molecule has 3 aromatic carbocycles. The van der Waals surface area contributed by atoms with E-state index < -0.39 is 0 Å². The van der Waals surface area contributed by atoms with Gasteiger partial charge in [0.05, 0.1) is 43.1 Å². The lowest BCUT2D eigenvalue weighted by molar-refractivity contribution is -0.130. The van der Waals surface area contributed by atoms with E-state index in [0.717, 1.165) is 27.4 Å². The van der Waals surface area contributed by atoms with Gasteiger partial charge in [-0.2, -0.15) is 5.10 Å². The zero-order valence-electron chi connectivity index (χ0n) is 25.5. The van der Waals surface area contributed by atoms with Crippen molar-refractivity contribution >= 4 is 40.6 Å². The van der Waals surface area contributed by atoms with Gasteiger partial charge in [-0.25, -0.2) is 5.01 Å². The highest BCUT2D eigenvalue weighted by Crippen LogP contribution is 2.35. The van der Waals surface area contributed by atoms with Crippen molar-refractivity contribution in [2.45, 2.75) is 31.1 Å². The normalized spacial score (nSPS) is 14.2. The number of para-hydroxylation sites is 1. The van der Waals surface area contributed by atoms with Crippen LogP contribution in [0.1, 0.15) is 44.6 Å². The molecule has 2 amide bonds. The summed E-state index contributed by atoms with van der Waals surface area (Å²) in [7, 11) is 3.06. The number of nitrogens with one attached hydrogen (secondary N) is 1. The number of amides is 2. The minimum absolute atomic E-state index is 0.102. The number of hydrogen-bond acceptors (Lipinski definition) is 9. The quantitative estimate of drug-likeness (QED) is 0.173. The van der Waals surface area contributed by atoms with E-state index >= 15 is 0 Å². The number of methoxy groups -OCH3 is 2. The van der Waals surface area contributed by atoms with Crippen molar-refractivity contribution in [2.24, 2.45) is 5.10 Å². The van der Waals surface area contributed by atoms with Crippen molar-refractivity contribution < 1.29 is 19.1 Å². The Morgan fingerprint density at radius 3 is 2.37 bits per heavy atom. The molecule has 1 aliphatic rings. The number of aromatic nitrogens is 3. The third-order valence-corrected chi connectivity index (χ3v) is 9.33. The van der Waals surface area contributed by atoms with Crippen LogP contribution in [0.3, 0.4) is 0 Å². The van der Waals surface area contributed by atoms with Crippen molar-refractivity contribution in [1.29, 1.82) is 0 Å². The summed E-state index contributed by atoms with van der Waals surface area (Å²) in [5, 5.41) is 20.7. The number of hydrogen-bond donors (Lipinski definition) is 1. The molecule has 0 bridgehead atoms. The SMILES string of the molecule is COc1cc(OC)cc(C(=O)NCc2nnc(SCC(=O)N3N=C(c4cccs4)C[C@@H]3c3ccc(C)cc3)n2-c2ccccc2)c1. The fourth-order valence-corrected chi connectivity index (χ4v) is 6.66. The Labute approximate surface area is 275 Å². The van der Waals surface area contributed by atoms with Gasteiger partial charge in [-0.3, -0.25) is 14.2 Å². The Hall–Kier alpha value is -4.94. The molecule has 234 valence electrons. The molecule has 0 unspecified atom stereocenters. The highest BCUT2D eigenvalue weighted by Gasteiger charge is 2.33. The topological polar surface area (TPSA) is 111 Å². The Kier molecular flexibility index (Phi) is 9.46. The lowest BCUT2D eigenvalue weighted by Crippen LogP contribution is -2.28. The van der Waals surface area contributed by atoms with Gasteiger partial charge in [0.2, 0.25) is 0 Å². The smallest absolute Gasteiger partial charge is 0.253 e. The summed E-state index contributed by atoms with van der Waals surface area (Å²) in [5.74, 6) is 1.18. The van der Waals surface area contributed by atoms with Gasteiger partial charge in [0.25, 0.3) is 11.8 Å². The first kappa shape index (κ1) is 31.1. The maximum atomic E-state index is 13.8. The second-order valence-electron chi connectivity index (χ2n) is 10.5.